The number of para-hydroxylation sites is 1. The van der Waals surface area contributed by atoms with Gasteiger partial charge >= 0.3 is 5.97 Å². The molecule has 8 heteroatoms. The quantitative estimate of drug-likeness (QED) is 0.590. The molecule has 1 N–H and O–H groups in total. The van der Waals surface area contributed by atoms with Crippen molar-refractivity contribution in [3.05, 3.63) is 35.7 Å². The molecule has 1 saturated carbocycles. The summed E-state index contributed by atoms with van der Waals surface area (Å²) in [5.41, 5.74) is 0.840. The molecule has 0 spiro atoms. The predicted octanol–water partition coefficient (Wildman–Crippen LogP) is 3.39. The second-order valence-corrected chi connectivity index (χ2v) is 7.10. The Morgan fingerprint density at radius 1 is 1.35 bits per heavy atom. The lowest BCUT2D eigenvalue weighted by Gasteiger charge is -2.20. The van der Waals surface area contributed by atoms with Crippen molar-refractivity contribution in [2.24, 2.45) is 5.10 Å². The van der Waals surface area contributed by atoms with Crippen molar-refractivity contribution in [2.75, 3.05) is 12.9 Å². The van der Waals surface area contributed by atoms with Crippen LogP contribution in [0.5, 0.6) is 5.75 Å². The van der Waals surface area contributed by atoms with Crippen LogP contribution >= 0.6 is 11.8 Å². The van der Waals surface area contributed by atoms with Gasteiger partial charge in [-0.3, -0.25) is 4.79 Å². The van der Waals surface area contributed by atoms with Gasteiger partial charge in [0, 0.05) is 11.5 Å². The molecular weight excluding hydrogens is 352 g/mol. The third-order valence-corrected chi connectivity index (χ3v) is 5.29. The molecule has 1 aromatic heterocycles. The maximum Gasteiger partial charge on any atom is 0.313 e. The van der Waals surface area contributed by atoms with Crippen LogP contribution in [-0.4, -0.2) is 45.0 Å². The maximum atomic E-state index is 10.9. The number of hydrogen-bond donors (Lipinski definition) is 1. The van der Waals surface area contributed by atoms with Gasteiger partial charge < -0.3 is 9.84 Å². The minimum atomic E-state index is -0.891. The zero-order valence-corrected chi connectivity index (χ0v) is 15.5. The van der Waals surface area contributed by atoms with Crippen LogP contribution in [0.25, 0.3) is 0 Å². The van der Waals surface area contributed by atoms with Gasteiger partial charge in [0.05, 0.1) is 19.1 Å². The van der Waals surface area contributed by atoms with Crippen molar-refractivity contribution in [3.8, 4) is 5.75 Å². The fraction of sp³-hybridized carbons (Fsp3) is 0.444. The first-order valence-corrected chi connectivity index (χ1v) is 9.65. The summed E-state index contributed by atoms with van der Waals surface area (Å²) in [6.45, 7) is 0. The minimum Gasteiger partial charge on any atom is -0.496 e. The molecule has 1 heterocycles. The summed E-state index contributed by atoms with van der Waals surface area (Å²) in [7, 11) is 1.62. The van der Waals surface area contributed by atoms with Crippen molar-refractivity contribution in [1.82, 2.24) is 14.9 Å². The first-order chi connectivity index (χ1) is 12.7. The topological polar surface area (TPSA) is 89.6 Å². The molecule has 1 fully saturated rings. The smallest absolute Gasteiger partial charge is 0.313 e. The number of carboxylic acid groups (broad SMARTS) is 1. The molecule has 0 saturated heterocycles. The summed E-state index contributed by atoms with van der Waals surface area (Å²) >= 11 is 1.13. The molecule has 26 heavy (non-hydrogen) atoms. The highest BCUT2D eigenvalue weighted by Gasteiger charge is 2.23. The van der Waals surface area contributed by atoms with E-state index >= 15 is 0 Å². The van der Waals surface area contributed by atoms with E-state index < -0.39 is 5.97 Å². The minimum absolute atomic E-state index is 0.0764. The summed E-state index contributed by atoms with van der Waals surface area (Å²) in [6.07, 6.45) is 7.42. The number of rotatable bonds is 7. The molecule has 2 aromatic rings. The SMILES string of the molecule is COc1ccccc1/C=N/n1c(SCC(=O)O)nnc1C1CCCCC1. The summed E-state index contributed by atoms with van der Waals surface area (Å²) in [5.74, 6) is 0.877. The highest BCUT2D eigenvalue weighted by atomic mass is 32.2. The lowest BCUT2D eigenvalue weighted by Crippen LogP contribution is -2.11. The molecule has 0 bridgehead atoms. The Labute approximate surface area is 156 Å². The van der Waals surface area contributed by atoms with Gasteiger partial charge in [-0.2, -0.15) is 9.78 Å². The molecule has 1 aromatic carbocycles. The molecule has 3 rings (SSSR count). The Hall–Kier alpha value is -2.35. The van der Waals surface area contributed by atoms with E-state index in [9.17, 15) is 4.79 Å². The number of thioether (sulfide) groups is 1. The van der Waals surface area contributed by atoms with E-state index in [2.05, 4.69) is 15.3 Å². The van der Waals surface area contributed by atoms with Gasteiger partial charge in [0.15, 0.2) is 5.82 Å². The summed E-state index contributed by atoms with van der Waals surface area (Å²) < 4.78 is 7.05. The third-order valence-electron chi connectivity index (χ3n) is 4.38. The highest BCUT2D eigenvalue weighted by molar-refractivity contribution is 7.99. The molecule has 7 nitrogen and oxygen atoms in total. The normalized spacial score (nSPS) is 15.4. The Kier molecular flexibility index (Phi) is 6.27. The van der Waals surface area contributed by atoms with E-state index in [4.69, 9.17) is 9.84 Å². The number of carboxylic acids is 1. The molecule has 0 amide bonds. The van der Waals surface area contributed by atoms with Crippen LogP contribution < -0.4 is 4.74 Å². The Morgan fingerprint density at radius 3 is 2.85 bits per heavy atom. The summed E-state index contributed by atoms with van der Waals surface area (Å²) in [5, 5.41) is 22.5. The zero-order chi connectivity index (χ0) is 18.4. The number of methoxy groups -OCH3 is 1. The largest absolute Gasteiger partial charge is 0.496 e. The first kappa shape index (κ1) is 18.4. The second kappa shape index (κ2) is 8.84. The van der Waals surface area contributed by atoms with E-state index in [0.717, 1.165) is 41.7 Å². The molecule has 1 aliphatic carbocycles. The van der Waals surface area contributed by atoms with Crippen molar-refractivity contribution < 1.29 is 14.6 Å². The van der Waals surface area contributed by atoms with Gasteiger partial charge in [-0.15, -0.1) is 10.2 Å². The number of aromatic nitrogens is 3. The van der Waals surface area contributed by atoms with Gasteiger partial charge in [-0.1, -0.05) is 43.2 Å². The van der Waals surface area contributed by atoms with Gasteiger partial charge in [0.2, 0.25) is 5.16 Å². The number of carbonyl (C=O) groups is 1. The molecule has 0 aliphatic heterocycles. The Bertz CT molecular complexity index is 784. The molecular formula is C18H22N4O3S. The van der Waals surface area contributed by atoms with Crippen molar-refractivity contribution in [3.63, 3.8) is 0 Å². The van der Waals surface area contributed by atoms with E-state index in [0.29, 0.717) is 11.1 Å². The highest BCUT2D eigenvalue weighted by Crippen LogP contribution is 2.33. The number of hydrogen-bond acceptors (Lipinski definition) is 6. The Morgan fingerprint density at radius 2 is 2.12 bits per heavy atom. The third kappa shape index (κ3) is 4.43. The fourth-order valence-corrected chi connectivity index (χ4v) is 3.72. The number of nitrogens with zero attached hydrogens (tertiary/aromatic N) is 4. The zero-order valence-electron chi connectivity index (χ0n) is 14.7. The molecule has 138 valence electrons. The lowest BCUT2D eigenvalue weighted by molar-refractivity contribution is -0.133. The maximum absolute atomic E-state index is 10.9. The van der Waals surface area contributed by atoms with Crippen LogP contribution in [0.2, 0.25) is 0 Å². The van der Waals surface area contributed by atoms with Crippen LogP contribution in [-0.2, 0) is 4.79 Å². The van der Waals surface area contributed by atoms with E-state index in [1.54, 1.807) is 18.0 Å². The monoisotopic (exact) mass is 374 g/mol. The van der Waals surface area contributed by atoms with Crippen molar-refractivity contribution >= 4 is 23.9 Å². The number of aliphatic carboxylic acids is 1. The number of ether oxygens (including phenoxy) is 1. The van der Waals surface area contributed by atoms with Crippen molar-refractivity contribution in [1.29, 1.82) is 0 Å². The van der Waals surface area contributed by atoms with E-state index in [-0.39, 0.29) is 5.75 Å². The average Bonchev–Trinajstić information content (AvgIpc) is 3.08. The molecule has 0 atom stereocenters. The average molecular weight is 374 g/mol. The van der Waals surface area contributed by atoms with Crippen LogP contribution in [0.4, 0.5) is 0 Å². The first-order valence-electron chi connectivity index (χ1n) is 8.66. The molecule has 0 unspecified atom stereocenters. The lowest BCUT2D eigenvalue weighted by atomic mass is 9.89. The van der Waals surface area contributed by atoms with Crippen LogP contribution in [0.3, 0.4) is 0 Å². The van der Waals surface area contributed by atoms with Gasteiger partial charge in [0.25, 0.3) is 0 Å². The number of benzene rings is 1. The van der Waals surface area contributed by atoms with E-state index in [1.807, 2.05) is 24.3 Å². The molecule has 1 aliphatic rings. The van der Waals surface area contributed by atoms with Gasteiger partial charge in [0.1, 0.15) is 5.75 Å². The van der Waals surface area contributed by atoms with Crippen LogP contribution in [0.1, 0.15) is 49.4 Å². The predicted molar refractivity (Wildman–Crippen MR) is 100 cm³/mol. The standard InChI is InChI=1S/C18H22N4O3S/c1-25-15-10-6-5-9-14(15)11-19-22-17(13-7-3-2-4-8-13)20-21-18(22)26-12-16(23)24/h5-6,9-11,13H,2-4,7-8,12H2,1H3,(H,23,24)/b19-11+. The van der Waals surface area contributed by atoms with Crippen molar-refractivity contribution in [2.45, 2.75) is 43.2 Å². The molecule has 0 radical (unpaired) electrons. The van der Waals surface area contributed by atoms with E-state index in [1.165, 1.54) is 19.3 Å². The van der Waals surface area contributed by atoms with Gasteiger partial charge in [-0.25, -0.2) is 0 Å². The van der Waals surface area contributed by atoms with Crippen LogP contribution in [0.15, 0.2) is 34.5 Å². The second-order valence-electron chi connectivity index (χ2n) is 6.16. The Balaban J connectivity index is 1.92. The summed E-state index contributed by atoms with van der Waals surface area (Å²) in [4.78, 5) is 10.9. The van der Waals surface area contributed by atoms with Gasteiger partial charge in [-0.05, 0) is 25.0 Å². The fourth-order valence-electron chi connectivity index (χ4n) is 3.11. The van der Waals surface area contributed by atoms with Crippen LogP contribution in [0, 0.1) is 0 Å². The summed E-state index contributed by atoms with van der Waals surface area (Å²) in [6, 6.07) is 7.60.